The van der Waals surface area contributed by atoms with E-state index >= 15 is 0 Å². The number of pyridine rings is 1. The van der Waals surface area contributed by atoms with Gasteiger partial charge in [0.15, 0.2) is 0 Å². The summed E-state index contributed by atoms with van der Waals surface area (Å²) in [5, 5.41) is 24.4. The molecule has 2 atom stereocenters. The van der Waals surface area contributed by atoms with Crippen LogP contribution in [0.4, 0.5) is 0 Å². The number of aliphatic hydroxyl groups is 2. The lowest BCUT2D eigenvalue weighted by Crippen LogP contribution is -2.43. The molecule has 1 rings (SSSR count). The van der Waals surface area contributed by atoms with Crippen LogP contribution >= 0.6 is 21.6 Å². The fourth-order valence-corrected chi connectivity index (χ4v) is 7.01. The number of carbonyl (C=O) groups excluding carboxylic acids is 3. The second-order valence-corrected chi connectivity index (χ2v) is 14.7. The van der Waals surface area contributed by atoms with Crippen molar-refractivity contribution in [3.05, 3.63) is 102 Å². The van der Waals surface area contributed by atoms with E-state index < -0.39 is 35.2 Å². The molecule has 49 heavy (non-hydrogen) atoms. The third-order valence-corrected chi connectivity index (χ3v) is 10.3. The summed E-state index contributed by atoms with van der Waals surface area (Å²) in [6.45, 7) is 5.68. The van der Waals surface area contributed by atoms with Crippen LogP contribution in [0.5, 0.6) is 0 Å². The van der Waals surface area contributed by atoms with Gasteiger partial charge in [-0.2, -0.15) is 0 Å². The molecule has 0 radical (unpaired) electrons. The third-order valence-electron chi connectivity index (χ3n) is 6.97. The summed E-state index contributed by atoms with van der Waals surface area (Å²) in [4.78, 5) is 42.0. The van der Waals surface area contributed by atoms with Gasteiger partial charge in [-0.25, -0.2) is 0 Å². The molecule has 3 amide bonds. The van der Waals surface area contributed by atoms with Gasteiger partial charge >= 0.3 is 0 Å². The predicted octanol–water partition coefficient (Wildman–Crippen LogP) is 6.49. The minimum atomic E-state index is -1.11. The molecule has 0 unspecified atom stereocenters. The monoisotopic (exact) mass is 712 g/mol. The predicted molar refractivity (Wildman–Crippen MR) is 206 cm³/mol. The second kappa shape index (κ2) is 27.4. The number of hydrogen-bond donors (Lipinski definition) is 5. The maximum absolute atomic E-state index is 13.3. The molecule has 9 nitrogen and oxygen atoms in total. The molecule has 0 aliphatic carbocycles. The molecule has 1 heterocycles. The van der Waals surface area contributed by atoms with Crippen LogP contribution in [0.3, 0.4) is 0 Å². The zero-order chi connectivity index (χ0) is 36.2. The second-order valence-electron chi connectivity index (χ2n) is 11.6. The lowest BCUT2D eigenvalue weighted by Gasteiger charge is -2.33. The first kappa shape index (κ1) is 43.6. The largest absolute Gasteiger partial charge is 0.394 e. The minimum absolute atomic E-state index is 0.0244. The molecule has 11 heteroatoms. The zero-order valence-corrected chi connectivity index (χ0v) is 30.9. The number of rotatable bonds is 26. The van der Waals surface area contributed by atoms with Gasteiger partial charge in [0.25, 0.3) is 5.91 Å². The van der Waals surface area contributed by atoms with Crippen molar-refractivity contribution in [2.75, 3.05) is 25.4 Å². The van der Waals surface area contributed by atoms with E-state index in [4.69, 9.17) is 10.8 Å². The Hall–Kier alpha value is -3.38. The highest BCUT2D eigenvalue weighted by Crippen LogP contribution is 2.45. The smallest absolute Gasteiger partial charge is 0.250 e. The van der Waals surface area contributed by atoms with E-state index in [1.807, 2.05) is 19.9 Å². The van der Waals surface area contributed by atoms with Gasteiger partial charge in [0.05, 0.1) is 29.9 Å². The molecule has 0 saturated heterocycles. The topological polar surface area (TPSA) is 155 Å². The van der Waals surface area contributed by atoms with E-state index in [1.54, 1.807) is 6.07 Å². The summed E-state index contributed by atoms with van der Waals surface area (Å²) < 4.78 is -0.752. The Bertz CT molecular complexity index is 1290. The van der Waals surface area contributed by atoms with E-state index in [0.29, 0.717) is 25.1 Å². The van der Waals surface area contributed by atoms with Crippen LogP contribution in [-0.4, -0.2) is 69.2 Å². The van der Waals surface area contributed by atoms with Crippen LogP contribution in [0, 0.1) is 0 Å². The molecule has 1 aromatic heterocycles. The number of nitrogens with two attached hydrogens (primary N) is 1. The molecule has 6 N–H and O–H groups in total. The van der Waals surface area contributed by atoms with Crippen molar-refractivity contribution in [2.45, 2.75) is 88.9 Å². The standard InChI is InChI=1S/C38H56N4O5S2/c1-4-5-6-7-8-9-10-11-12-13-14-15-16-17-18-19-20-21-22-25-33(45)40-27-28-48-49-38(2,3)34(37(47)42-29-31(44)30-43)35-32(36(39)46)24-23-26-41-35/h5-6,8-9,11-12,14-15,17-18,20-21,23-24,26,31,34,43-44H,4,7,10,13,16,19,22,25,27-30H2,1-3H3,(H2,39,46)(H,40,45)(H,42,47)/b6-5-,9-8-,12-11-,15-14-,18-17-,21-20-/t31-,34+/m1/s1. The molecule has 0 bridgehead atoms. The van der Waals surface area contributed by atoms with Gasteiger partial charge in [-0.15, -0.1) is 0 Å². The Morgan fingerprint density at radius 3 is 1.98 bits per heavy atom. The van der Waals surface area contributed by atoms with Crippen molar-refractivity contribution in [3.63, 3.8) is 0 Å². The van der Waals surface area contributed by atoms with Crippen LogP contribution in [0.1, 0.15) is 94.1 Å². The van der Waals surface area contributed by atoms with Crippen molar-refractivity contribution in [3.8, 4) is 0 Å². The Labute approximate surface area is 301 Å². The number of carbonyl (C=O) groups is 3. The Morgan fingerprint density at radius 2 is 1.45 bits per heavy atom. The highest BCUT2D eigenvalue weighted by Gasteiger charge is 2.40. The molecular formula is C38H56N4O5S2. The Kier molecular flexibility index (Phi) is 24.4. The van der Waals surface area contributed by atoms with Crippen LogP contribution in [0.15, 0.2) is 91.2 Å². The normalized spacial score (nSPS) is 13.8. The van der Waals surface area contributed by atoms with Gasteiger partial charge in [-0.3, -0.25) is 19.4 Å². The summed E-state index contributed by atoms with van der Waals surface area (Å²) in [7, 11) is 2.93. The van der Waals surface area contributed by atoms with E-state index in [0.717, 1.165) is 38.5 Å². The average molecular weight is 713 g/mol. The number of hydrogen-bond acceptors (Lipinski definition) is 8. The number of primary amides is 1. The van der Waals surface area contributed by atoms with Crippen molar-refractivity contribution in [1.82, 2.24) is 15.6 Å². The molecule has 0 fully saturated rings. The summed E-state index contributed by atoms with van der Waals surface area (Å²) in [6, 6.07) is 3.10. The Balaban J connectivity index is 2.35. The molecule has 0 aromatic carbocycles. The molecule has 0 aliphatic heterocycles. The molecule has 1 aromatic rings. The van der Waals surface area contributed by atoms with E-state index in [1.165, 1.54) is 33.9 Å². The maximum Gasteiger partial charge on any atom is 0.250 e. The van der Waals surface area contributed by atoms with Crippen LogP contribution in [-0.2, 0) is 9.59 Å². The van der Waals surface area contributed by atoms with Crippen LogP contribution < -0.4 is 16.4 Å². The fraction of sp³-hybridized carbons (Fsp3) is 0.474. The number of nitrogens with zero attached hydrogens (tertiary/aromatic N) is 1. The highest BCUT2D eigenvalue weighted by atomic mass is 33.1. The first-order chi connectivity index (χ1) is 23.6. The van der Waals surface area contributed by atoms with Gasteiger partial charge in [-0.1, -0.05) is 101 Å². The maximum atomic E-state index is 13.3. The first-order valence-electron chi connectivity index (χ1n) is 16.9. The minimum Gasteiger partial charge on any atom is -0.394 e. The van der Waals surface area contributed by atoms with Gasteiger partial charge in [0, 0.05) is 36.2 Å². The SMILES string of the molecule is CC/C=C\C/C=C\C/C=C\C/C=C\C/C=C\C/C=C\CCC(=O)NCCSSC(C)(C)[C@H](C(=O)NC[C@@H](O)CO)c1ncccc1C(N)=O. The van der Waals surface area contributed by atoms with Gasteiger partial charge in [0.2, 0.25) is 11.8 Å². The molecule has 270 valence electrons. The lowest BCUT2D eigenvalue weighted by molar-refractivity contribution is -0.124. The Morgan fingerprint density at radius 1 is 0.898 bits per heavy atom. The quantitative estimate of drug-likeness (QED) is 0.0415. The summed E-state index contributed by atoms with van der Waals surface area (Å²) >= 11 is 0. The molecular weight excluding hydrogens is 657 g/mol. The average Bonchev–Trinajstić information content (AvgIpc) is 3.08. The van der Waals surface area contributed by atoms with Crippen LogP contribution in [0.2, 0.25) is 0 Å². The van der Waals surface area contributed by atoms with Crippen molar-refractivity contribution in [2.24, 2.45) is 5.73 Å². The highest BCUT2D eigenvalue weighted by molar-refractivity contribution is 8.77. The van der Waals surface area contributed by atoms with E-state index in [-0.39, 0.29) is 23.7 Å². The van der Waals surface area contributed by atoms with Gasteiger partial charge < -0.3 is 26.6 Å². The zero-order valence-electron chi connectivity index (χ0n) is 29.3. The first-order valence-corrected chi connectivity index (χ1v) is 19.2. The summed E-state index contributed by atoms with van der Waals surface area (Å²) in [5.41, 5.74) is 5.96. The third kappa shape index (κ3) is 20.7. The number of amides is 3. The fourth-order valence-electron chi connectivity index (χ4n) is 4.43. The van der Waals surface area contributed by atoms with E-state index in [2.05, 4.69) is 89.4 Å². The lowest BCUT2D eigenvalue weighted by atomic mass is 9.87. The summed E-state index contributed by atoms with van der Waals surface area (Å²) in [6.07, 6.45) is 33.0. The number of nitrogens with one attached hydrogen (secondary N) is 2. The van der Waals surface area contributed by atoms with Crippen molar-refractivity contribution >= 4 is 39.3 Å². The number of allylic oxidation sites excluding steroid dienone is 12. The molecule has 0 spiro atoms. The number of aromatic nitrogens is 1. The summed E-state index contributed by atoms with van der Waals surface area (Å²) in [5.74, 6) is -1.45. The van der Waals surface area contributed by atoms with Gasteiger partial charge in [0.1, 0.15) is 0 Å². The molecule has 0 aliphatic rings. The van der Waals surface area contributed by atoms with Crippen LogP contribution in [0.25, 0.3) is 0 Å². The molecule has 0 saturated carbocycles. The van der Waals surface area contributed by atoms with Crippen molar-refractivity contribution < 1.29 is 24.6 Å². The van der Waals surface area contributed by atoms with Crippen molar-refractivity contribution in [1.29, 1.82) is 0 Å². The van der Waals surface area contributed by atoms with Gasteiger partial charge in [-0.05, 0) is 70.9 Å². The van der Waals surface area contributed by atoms with E-state index in [9.17, 15) is 19.5 Å². The number of aliphatic hydroxyl groups excluding tert-OH is 2.